The summed E-state index contributed by atoms with van der Waals surface area (Å²) in [5, 5.41) is 19.0. The maximum atomic E-state index is 15.8. The summed E-state index contributed by atoms with van der Waals surface area (Å²) in [4.78, 5) is 22.7. The Morgan fingerprint density at radius 1 is 0.603 bits per heavy atom. The molecule has 0 aliphatic heterocycles. The smallest absolute Gasteiger partial charge is 0.382 e. The van der Waals surface area contributed by atoms with Crippen LogP contribution < -0.4 is 0 Å². The van der Waals surface area contributed by atoms with Gasteiger partial charge in [0.2, 0.25) is 0 Å². The van der Waals surface area contributed by atoms with E-state index in [4.69, 9.17) is 36.8 Å². The lowest BCUT2D eigenvalue weighted by atomic mass is 9.79. The first kappa shape index (κ1) is 55.7. The van der Waals surface area contributed by atoms with Crippen molar-refractivity contribution in [2.24, 2.45) is 0 Å². The quantitative estimate of drug-likeness (QED) is 0.0635. The Kier molecular flexibility index (Phi) is 18.3. The molecule has 0 spiro atoms. The molecule has 8 aromatic rings. The van der Waals surface area contributed by atoms with Gasteiger partial charge in [-0.05, 0) is 36.4 Å². The molecule has 0 aliphatic carbocycles. The number of hydrogen-bond donors (Lipinski definition) is 1. The number of halogens is 10. The summed E-state index contributed by atoms with van der Waals surface area (Å²) in [6.45, 7) is 0.394. The third kappa shape index (κ3) is 12.8. The minimum Gasteiger partial charge on any atom is -0.382 e. The number of aliphatic hydroxyl groups is 1. The van der Waals surface area contributed by atoms with Crippen molar-refractivity contribution in [3.8, 4) is 0 Å². The van der Waals surface area contributed by atoms with Crippen LogP contribution in [0.1, 0.15) is 66.8 Å². The molecule has 0 amide bonds. The van der Waals surface area contributed by atoms with E-state index in [9.17, 15) is 36.0 Å². The highest BCUT2D eigenvalue weighted by molar-refractivity contribution is 7.48. The molecule has 4 heterocycles. The Morgan fingerprint density at radius 2 is 1.07 bits per heavy atom. The van der Waals surface area contributed by atoms with Crippen LogP contribution in [0.15, 0.2) is 123 Å². The van der Waals surface area contributed by atoms with Gasteiger partial charge >= 0.3 is 7.82 Å². The van der Waals surface area contributed by atoms with Crippen LogP contribution >= 0.6 is 31.0 Å². The van der Waals surface area contributed by atoms with E-state index >= 15 is 8.78 Å². The first-order valence-corrected chi connectivity index (χ1v) is 23.2. The minimum absolute atomic E-state index is 0. The van der Waals surface area contributed by atoms with Crippen LogP contribution in [0.5, 0.6) is 0 Å². The van der Waals surface area contributed by atoms with E-state index in [1.165, 1.54) is 61.8 Å². The lowest BCUT2D eigenvalue weighted by Crippen LogP contribution is -2.41. The second-order valence-electron chi connectivity index (χ2n) is 15.7. The van der Waals surface area contributed by atoms with E-state index in [1.807, 2.05) is 0 Å². The lowest BCUT2D eigenvalue weighted by molar-refractivity contribution is -0.0330. The molecule has 0 fully saturated rings. The minimum atomic E-state index is -5.19. The summed E-state index contributed by atoms with van der Waals surface area (Å²) in [6.07, 6.45) is 8.85. The van der Waals surface area contributed by atoms with Gasteiger partial charge in [-0.3, -0.25) is 13.6 Å². The average Bonchev–Trinajstić information content (AvgIpc) is 4.06. The topological polar surface area (TPSA) is 178 Å². The van der Waals surface area contributed by atoms with Crippen LogP contribution in [-0.2, 0) is 55.6 Å². The first-order valence-electron chi connectivity index (χ1n) is 21.0. The van der Waals surface area contributed by atoms with Crippen LogP contribution in [0.2, 0.25) is 10.0 Å². The SMILES string of the molecule is C.C[C@@H](c1ncncc1F)[C@@](Cn1cncn1)(OP(=O)(OCc1c(F)cccc1Cl)OCc1c(F)cccc1Cl)c1ccc(F)cc1F.C[C@@H](c1ncncc1F)[C@](O)(Cn1cncn1)c1ccc(F)cc1F. The van der Waals surface area contributed by atoms with Crippen molar-refractivity contribution in [1.29, 1.82) is 0 Å². The molecule has 0 saturated carbocycles. The Balaban J connectivity index is 0.000000281. The number of benzene rings is 4. The highest BCUT2D eigenvalue weighted by Crippen LogP contribution is 2.60. The molecule has 4 aromatic carbocycles. The average molecular weight is 1080 g/mol. The molecular formula is C47H41Cl2F8N10O5P. The van der Waals surface area contributed by atoms with Gasteiger partial charge in [0.05, 0.1) is 50.1 Å². The maximum absolute atomic E-state index is 15.8. The van der Waals surface area contributed by atoms with Crippen LogP contribution in [-0.4, -0.2) is 54.6 Å². The summed E-state index contributed by atoms with van der Waals surface area (Å²) >= 11 is 12.3. The fraction of sp³-hybridized carbons (Fsp3) is 0.234. The highest BCUT2D eigenvalue weighted by Gasteiger charge is 2.51. The van der Waals surface area contributed by atoms with Crippen LogP contribution in [0.25, 0.3) is 0 Å². The fourth-order valence-electron chi connectivity index (χ4n) is 7.50. The molecule has 0 unspecified atom stereocenters. The zero-order chi connectivity index (χ0) is 51.8. The molecule has 384 valence electrons. The maximum Gasteiger partial charge on any atom is 0.476 e. The van der Waals surface area contributed by atoms with Gasteiger partial charge in [0.15, 0.2) is 11.6 Å². The number of phosphoric ester groups is 1. The predicted molar refractivity (Wildman–Crippen MR) is 247 cm³/mol. The number of phosphoric acid groups is 1. The Bertz CT molecular complexity index is 3090. The van der Waals surface area contributed by atoms with E-state index in [-0.39, 0.29) is 52.1 Å². The van der Waals surface area contributed by atoms with Crippen molar-refractivity contribution in [2.45, 2.75) is 70.6 Å². The fourth-order valence-corrected chi connectivity index (χ4v) is 9.41. The van der Waals surface area contributed by atoms with Crippen LogP contribution in [0.3, 0.4) is 0 Å². The van der Waals surface area contributed by atoms with E-state index in [1.54, 1.807) is 0 Å². The van der Waals surface area contributed by atoms with Gasteiger partial charge in [0.25, 0.3) is 0 Å². The van der Waals surface area contributed by atoms with Crippen molar-refractivity contribution < 1.29 is 58.4 Å². The van der Waals surface area contributed by atoms with Gasteiger partial charge in [0, 0.05) is 56.3 Å². The first-order chi connectivity index (χ1) is 34.3. The molecule has 1 N–H and O–H groups in total. The molecule has 26 heteroatoms. The lowest BCUT2D eigenvalue weighted by Gasteiger charge is -2.40. The Labute approximate surface area is 421 Å². The zero-order valence-electron chi connectivity index (χ0n) is 37.3. The van der Waals surface area contributed by atoms with E-state index in [0.29, 0.717) is 12.1 Å². The third-order valence-electron chi connectivity index (χ3n) is 11.3. The van der Waals surface area contributed by atoms with Crippen molar-refractivity contribution in [3.05, 3.63) is 213 Å². The van der Waals surface area contributed by atoms with Gasteiger partial charge in [-0.25, -0.2) is 79.0 Å². The monoisotopic (exact) mass is 1080 g/mol. The van der Waals surface area contributed by atoms with Crippen molar-refractivity contribution >= 4 is 31.0 Å². The van der Waals surface area contributed by atoms with E-state index < -0.39 is 103 Å². The molecule has 4 atom stereocenters. The number of aromatic nitrogens is 10. The standard InChI is InChI=1S/C30H23Cl2F5N5O4P.C16H14F3N5O.CH4/c1-18(29-28(37)11-38-15-40-29)30(14-42-17-39-16-41-42,22-9-8-19(33)10-27(22)36)46-47(43,44-12-20-23(31)4-2-6-25(20)34)45-13-21-24(32)5-3-7-26(21)35;1-10(15-14(19)5-20-7-22-15)16(25,6-24-9-21-8-23-24)12-3-2-11(17)4-13(12)18;/h2-11,15-18H,12-14H2,1H3;2-5,7-10,25H,6H2,1H3;1H4/t18-,30+;10-,16+;/m00./s1. The van der Waals surface area contributed by atoms with Gasteiger partial charge in [-0.1, -0.05) is 68.7 Å². The summed E-state index contributed by atoms with van der Waals surface area (Å²) in [7, 11) is -5.19. The van der Waals surface area contributed by atoms with Gasteiger partial charge in [0.1, 0.15) is 84.1 Å². The summed E-state index contributed by atoms with van der Waals surface area (Å²) < 4.78 is 151. The number of rotatable bonds is 18. The summed E-state index contributed by atoms with van der Waals surface area (Å²) in [5.41, 5.74) is -5.93. The molecule has 0 saturated heterocycles. The normalized spacial score (nSPS) is 14.0. The van der Waals surface area contributed by atoms with Gasteiger partial charge in [-0.15, -0.1) is 0 Å². The van der Waals surface area contributed by atoms with Crippen LogP contribution in [0.4, 0.5) is 35.1 Å². The summed E-state index contributed by atoms with van der Waals surface area (Å²) in [5.74, 6) is -9.67. The largest absolute Gasteiger partial charge is 0.476 e. The van der Waals surface area contributed by atoms with Crippen molar-refractivity contribution in [1.82, 2.24) is 49.5 Å². The molecule has 0 radical (unpaired) electrons. The second kappa shape index (κ2) is 24.0. The third-order valence-corrected chi connectivity index (χ3v) is 13.4. The Hall–Kier alpha value is -6.59. The zero-order valence-corrected chi connectivity index (χ0v) is 39.7. The van der Waals surface area contributed by atoms with Crippen LogP contribution in [0, 0.1) is 46.5 Å². The van der Waals surface area contributed by atoms with Crippen molar-refractivity contribution in [3.63, 3.8) is 0 Å². The number of hydrogen-bond acceptors (Lipinski definition) is 13. The molecule has 0 bridgehead atoms. The molecule has 4 aromatic heterocycles. The van der Waals surface area contributed by atoms with Gasteiger partial charge in [-0.2, -0.15) is 10.2 Å². The number of nitrogens with zero attached hydrogens (tertiary/aromatic N) is 10. The van der Waals surface area contributed by atoms with Crippen molar-refractivity contribution in [2.75, 3.05) is 0 Å². The predicted octanol–water partition coefficient (Wildman–Crippen LogP) is 11.1. The highest BCUT2D eigenvalue weighted by atomic mass is 35.5. The molecular weight excluding hydrogens is 1040 g/mol. The molecule has 8 rings (SSSR count). The molecule has 15 nitrogen and oxygen atoms in total. The van der Waals surface area contributed by atoms with E-state index in [2.05, 4.69) is 40.1 Å². The van der Waals surface area contributed by atoms with Gasteiger partial charge < -0.3 is 5.11 Å². The molecule has 73 heavy (non-hydrogen) atoms. The summed E-state index contributed by atoms with van der Waals surface area (Å²) in [6, 6.07) is 12.7. The second-order valence-corrected chi connectivity index (χ2v) is 18.1. The molecule has 0 aliphatic rings. The van der Waals surface area contributed by atoms with E-state index in [0.717, 1.165) is 72.5 Å². The Morgan fingerprint density at radius 3 is 1.51 bits per heavy atom.